The van der Waals surface area contributed by atoms with E-state index < -0.39 is 0 Å². The van der Waals surface area contributed by atoms with Gasteiger partial charge in [-0.2, -0.15) is 11.8 Å². The molecule has 68 valence electrons. The highest BCUT2D eigenvalue weighted by Gasteiger charge is 2.03. The van der Waals surface area contributed by atoms with Crippen molar-refractivity contribution in [3.63, 3.8) is 0 Å². The molecule has 0 aliphatic heterocycles. The molecule has 1 rings (SSSR count). The average Bonchev–Trinajstić information content (AvgIpc) is 2.36. The fraction of sp³-hybridized carbons (Fsp3) is 0.625. The number of nitrogens with zero attached hydrogens (tertiary/aromatic N) is 1. The summed E-state index contributed by atoms with van der Waals surface area (Å²) in [4.78, 5) is 4.46. The van der Waals surface area contributed by atoms with Gasteiger partial charge in [0, 0.05) is 23.6 Å². The van der Waals surface area contributed by atoms with Crippen LogP contribution in [0.2, 0.25) is 0 Å². The van der Waals surface area contributed by atoms with Crippen LogP contribution in [0.3, 0.4) is 0 Å². The van der Waals surface area contributed by atoms with Crippen LogP contribution in [0, 0.1) is 0 Å². The van der Waals surface area contributed by atoms with E-state index in [1.807, 2.05) is 6.92 Å². The highest BCUT2D eigenvalue weighted by molar-refractivity contribution is 7.97. The number of nitrogens with two attached hydrogens (primary N) is 1. The molecule has 1 aromatic rings. The lowest BCUT2D eigenvalue weighted by atomic mass is 10.2. The van der Waals surface area contributed by atoms with E-state index in [0.29, 0.717) is 0 Å². The molecule has 0 amide bonds. The minimum absolute atomic E-state index is 0.217. The molecule has 1 unspecified atom stereocenters. The quantitative estimate of drug-likeness (QED) is 0.810. The third-order valence-corrected chi connectivity index (χ3v) is 3.04. The Morgan fingerprint density at radius 2 is 2.50 bits per heavy atom. The summed E-state index contributed by atoms with van der Waals surface area (Å²) in [7, 11) is 0. The Kier molecular flexibility index (Phi) is 4.05. The van der Waals surface area contributed by atoms with Gasteiger partial charge in [-0.1, -0.05) is 0 Å². The van der Waals surface area contributed by atoms with Crippen LogP contribution in [0.1, 0.15) is 17.6 Å². The van der Waals surface area contributed by atoms with Crippen molar-refractivity contribution in [3.05, 3.63) is 16.1 Å². The highest BCUT2D eigenvalue weighted by Crippen LogP contribution is 2.15. The lowest BCUT2D eigenvalue weighted by molar-refractivity contribution is 0.724. The lowest BCUT2D eigenvalue weighted by Crippen LogP contribution is -2.17. The Balaban J connectivity index is 2.52. The van der Waals surface area contributed by atoms with Gasteiger partial charge < -0.3 is 5.73 Å². The molecule has 0 bridgehead atoms. The van der Waals surface area contributed by atoms with E-state index in [1.54, 1.807) is 23.1 Å². The van der Waals surface area contributed by atoms with Gasteiger partial charge in [0.25, 0.3) is 0 Å². The van der Waals surface area contributed by atoms with Gasteiger partial charge >= 0.3 is 0 Å². The second-order valence-corrected chi connectivity index (χ2v) is 4.66. The Hall–Kier alpha value is -0.0600. The highest BCUT2D eigenvalue weighted by atomic mass is 32.2. The molecular formula is C8H14N2S2. The van der Waals surface area contributed by atoms with Gasteiger partial charge in [0.15, 0.2) is 0 Å². The summed E-state index contributed by atoms with van der Waals surface area (Å²) in [5.41, 5.74) is 6.81. The number of hydrogen-bond acceptors (Lipinski definition) is 4. The van der Waals surface area contributed by atoms with Gasteiger partial charge in [0.2, 0.25) is 0 Å². The first kappa shape index (κ1) is 10.0. The molecule has 0 aliphatic carbocycles. The summed E-state index contributed by atoms with van der Waals surface area (Å²) in [6.45, 7) is 2.01. The number of hydrogen-bond donors (Lipinski definition) is 1. The van der Waals surface area contributed by atoms with Crippen molar-refractivity contribution in [2.45, 2.75) is 25.1 Å². The van der Waals surface area contributed by atoms with Crippen molar-refractivity contribution in [1.82, 2.24) is 4.98 Å². The van der Waals surface area contributed by atoms with Gasteiger partial charge in [0.1, 0.15) is 5.01 Å². The maximum absolute atomic E-state index is 5.67. The van der Waals surface area contributed by atoms with Crippen LogP contribution >= 0.6 is 23.1 Å². The van der Waals surface area contributed by atoms with E-state index in [2.05, 4.69) is 16.6 Å². The molecule has 1 atom stereocenters. The molecule has 0 aliphatic rings. The van der Waals surface area contributed by atoms with E-state index in [0.717, 1.165) is 17.9 Å². The molecule has 1 aromatic heterocycles. The maximum Gasteiger partial charge on any atom is 0.103 e. The number of thiazole rings is 1. The van der Waals surface area contributed by atoms with Crippen LogP contribution in [0.15, 0.2) is 5.38 Å². The Morgan fingerprint density at radius 1 is 1.75 bits per heavy atom. The molecule has 0 spiro atoms. The summed E-state index contributed by atoms with van der Waals surface area (Å²) < 4.78 is 0. The summed E-state index contributed by atoms with van der Waals surface area (Å²) in [5.74, 6) is 1.02. The Bertz CT molecular complexity index is 233. The molecule has 0 saturated heterocycles. The van der Waals surface area contributed by atoms with Crippen molar-refractivity contribution < 1.29 is 0 Å². The van der Waals surface area contributed by atoms with Gasteiger partial charge in [-0.25, -0.2) is 4.98 Å². The molecule has 2 nitrogen and oxygen atoms in total. The second-order valence-electron chi connectivity index (χ2n) is 2.85. The fourth-order valence-corrected chi connectivity index (χ4v) is 2.49. The summed E-state index contributed by atoms with van der Waals surface area (Å²) in [5, 5.41) is 3.31. The smallest absolute Gasteiger partial charge is 0.103 e. The Morgan fingerprint density at radius 3 is 3.08 bits per heavy atom. The first-order valence-electron chi connectivity index (χ1n) is 3.90. The minimum Gasteiger partial charge on any atom is -0.328 e. The van der Waals surface area contributed by atoms with Gasteiger partial charge in [0.05, 0.1) is 5.69 Å². The zero-order valence-corrected chi connectivity index (χ0v) is 9.04. The van der Waals surface area contributed by atoms with Crippen molar-refractivity contribution in [2.75, 3.05) is 6.26 Å². The van der Waals surface area contributed by atoms with Gasteiger partial charge in [-0.05, 0) is 13.2 Å². The third kappa shape index (κ3) is 3.13. The molecular weight excluding hydrogens is 188 g/mol. The van der Waals surface area contributed by atoms with E-state index in [1.165, 1.54) is 5.01 Å². The largest absolute Gasteiger partial charge is 0.328 e. The molecule has 0 radical (unpaired) electrons. The monoisotopic (exact) mass is 202 g/mol. The molecule has 1 heterocycles. The molecule has 0 saturated carbocycles. The number of rotatable bonds is 4. The standard InChI is InChI=1S/C8H14N2S2/c1-6(9)3-7-4-12-8(10-7)5-11-2/h4,6H,3,5,9H2,1-2H3. The van der Waals surface area contributed by atoms with Crippen LogP contribution in [0.25, 0.3) is 0 Å². The number of thioether (sulfide) groups is 1. The predicted molar refractivity (Wildman–Crippen MR) is 56.7 cm³/mol. The first-order valence-corrected chi connectivity index (χ1v) is 6.17. The zero-order valence-electron chi connectivity index (χ0n) is 7.41. The molecule has 2 N–H and O–H groups in total. The van der Waals surface area contributed by atoms with Crippen LogP contribution < -0.4 is 5.73 Å². The summed E-state index contributed by atoms with van der Waals surface area (Å²) in [6.07, 6.45) is 2.98. The van der Waals surface area contributed by atoms with Crippen LogP contribution in [0.4, 0.5) is 0 Å². The average molecular weight is 202 g/mol. The van der Waals surface area contributed by atoms with Crippen molar-refractivity contribution in [1.29, 1.82) is 0 Å². The predicted octanol–water partition coefficient (Wildman–Crippen LogP) is 1.90. The van der Waals surface area contributed by atoms with Gasteiger partial charge in [-0.3, -0.25) is 0 Å². The SMILES string of the molecule is CSCc1nc(CC(C)N)cs1. The first-order chi connectivity index (χ1) is 5.72. The second kappa shape index (κ2) is 4.84. The molecule has 0 fully saturated rings. The molecule has 4 heteroatoms. The topological polar surface area (TPSA) is 38.9 Å². The van der Waals surface area contributed by atoms with Crippen molar-refractivity contribution >= 4 is 23.1 Å². The van der Waals surface area contributed by atoms with E-state index in [4.69, 9.17) is 5.73 Å². The minimum atomic E-state index is 0.217. The Labute approximate surface area is 81.6 Å². The summed E-state index contributed by atoms with van der Waals surface area (Å²) >= 11 is 3.53. The van der Waals surface area contributed by atoms with E-state index in [9.17, 15) is 0 Å². The van der Waals surface area contributed by atoms with Gasteiger partial charge in [-0.15, -0.1) is 11.3 Å². The van der Waals surface area contributed by atoms with Crippen LogP contribution in [0.5, 0.6) is 0 Å². The van der Waals surface area contributed by atoms with Crippen molar-refractivity contribution in [3.8, 4) is 0 Å². The maximum atomic E-state index is 5.67. The van der Waals surface area contributed by atoms with E-state index in [-0.39, 0.29) is 6.04 Å². The molecule has 0 aromatic carbocycles. The van der Waals surface area contributed by atoms with E-state index >= 15 is 0 Å². The van der Waals surface area contributed by atoms with Crippen LogP contribution in [-0.2, 0) is 12.2 Å². The lowest BCUT2D eigenvalue weighted by Gasteiger charge is -1.99. The fourth-order valence-electron chi connectivity index (χ4n) is 0.962. The number of aromatic nitrogens is 1. The molecule has 12 heavy (non-hydrogen) atoms. The normalized spacial score (nSPS) is 13.2. The summed E-state index contributed by atoms with van der Waals surface area (Å²) in [6, 6.07) is 0.217. The zero-order chi connectivity index (χ0) is 8.97. The third-order valence-electron chi connectivity index (χ3n) is 1.40. The van der Waals surface area contributed by atoms with Crippen LogP contribution in [-0.4, -0.2) is 17.3 Å². The van der Waals surface area contributed by atoms with Crippen molar-refractivity contribution in [2.24, 2.45) is 5.73 Å².